The molecule has 134 valence electrons. The maximum Gasteiger partial charge on any atom is 0.299 e. The predicted molar refractivity (Wildman–Crippen MR) is 105 cm³/mol. The van der Waals surface area contributed by atoms with Gasteiger partial charge < -0.3 is 5.32 Å². The first-order valence-corrected chi connectivity index (χ1v) is 8.81. The first-order valence-electron chi connectivity index (χ1n) is 8.02. The molecule has 0 saturated heterocycles. The summed E-state index contributed by atoms with van der Waals surface area (Å²) in [5.74, 6) is 0.0560. The first-order chi connectivity index (χ1) is 12.2. The Labute approximate surface area is 159 Å². The first kappa shape index (κ1) is 18.1. The predicted octanol–water partition coefficient (Wildman–Crippen LogP) is 5.61. The largest absolute Gasteiger partial charge is 0.353 e. The van der Waals surface area contributed by atoms with Crippen LogP contribution >= 0.6 is 15.9 Å². The van der Waals surface area contributed by atoms with Crippen molar-refractivity contribution in [3.8, 4) is 5.75 Å². The highest BCUT2D eigenvalue weighted by molar-refractivity contribution is 9.10. The Bertz CT molecular complexity index is 966. The molecule has 0 aliphatic rings. The molecule has 3 rings (SSSR count). The van der Waals surface area contributed by atoms with Gasteiger partial charge in [0.25, 0.3) is 5.09 Å². The van der Waals surface area contributed by atoms with E-state index >= 15 is 0 Å². The second-order valence-corrected chi connectivity index (χ2v) is 7.84. The van der Waals surface area contributed by atoms with Gasteiger partial charge in [0.2, 0.25) is 0 Å². The zero-order chi connectivity index (χ0) is 18.9. The van der Waals surface area contributed by atoms with E-state index in [0.29, 0.717) is 11.2 Å². The topological polar surface area (TPSA) is 77.3 Å². The van der Waals surface area contributed by atoms with E-state index in [2.05, 4.69) is 47.0 Å². The molecule has 0 spiro atoms. The van der Waals surface area contributed by atoms with Crippen LogP contribution in [-0.2, 0) is 5.41 Å². The molecule has 0 atom stereocenters. The Morgan fingerprint density at radius 3 is 2.46 bits per heavy atom. The molecule has 0 amide bonds. The van der Waals surface area contributed by atoms with Crippen LogP contribution in [0.4, 0.5) is 11.4 Å². The Morgan fingerprint density at radius 2 is 1.85 bits per heavy atom. The summed E-state index contributed by atoms with van der Waals surface area (Å²) in [4.78, 5) is 19.8. The molecule has 0 fully saturated rings. The average Bonchev–Trinajstić information content (AvgIpc) is 2.56. The Balaban J connectivity index is 2.07. The lowest BCUT2D eigenvalue weighted by molar-refractivity contribution is -0.710. The maximum absolute atomic E-state index is 10.8. The second kappa shape index (κ2) is 6.92. The molecule has 26 heavy (non-hydrogen) atoms. The Hall–Kier alpha value is -2.67. The lowest BCUT2D eigenvalue weighted by atomic mass is 9.87. The fraction of sp³-hybridized carbons (Fsp3) is 0.211. The smallest absolute Gasteiger partial charge is 0.299 e. The highest BCUT2D eigenvalue weighted by Gasteiger charge is 2.15. The summed E-state index contributed by atoms with van der Waals surface area (Å²) in [6, 6.07) is 13.5. The van der Waals surface area contributed by atoms with E-state index in [0.717, 1.165) is 15.5 Å². The zero-order valence-electron chi connectivity index (χ0n) is 14.6. The molecular weight excluding hydrogens is 398 g/mol. The van der Waals surface area contributed by atoms with Crippen LogP contribution in [0.25, 0.3) is 10.9 Å². The Morgan fingerprint density at radius 1 is 1.15 bits per heavy atom. The fourth-order valence-electron chi connectivity index (χ4n) is 2.62. The lowest BCUT2D eigenvalue weighted by Crippen LogP contribution is -2.10. The quantitative estimate of drug-likeness (QED) is 0.442. The van der Waals surface area contributed by atoms with Crippen LogP contribution in [0.1, 0.15) is 26.3 Å². The van der Waals surface area contributed by atoms with Gasteiger partial charge in [-0.3, -0.25) is 9.82 Å². The molecule has 3 aromatic rings. The van der Waals surface area contributed by atoms with E-state index in [1.165, 1.54) is 11.8 Å². The number of rotatable bonds is 4. The van der Waals surface area contributed by atoms with Gasteiger partial charge in [0, 0.05) is 15.5 Å². The maximum atomic E-state index is 10.8. The third kappa shape index (κ3) is 3.94. The standard InChI is InChI=1S/C19H18BrN3O3/c1-19(2,3)12-4-7-14(8-5-12)22-18-15-10-13(20)6-9-16(15)21-11-17(18)26-23(24)25/h4-11H,1-3H3,(H,21,22). The number of pyridine rings is 1. The third-order valence-electron chi connectivity index (χ3n) is 3.99. The molecule has 6 nitrogen and oxygen atoms in total. The van der Waals surface area contributed by atoms with Crippen LogP contribution in [-0.4, -0.2) is 10.1 Å². The molecule has 0 saturated carbocycles. The highest BCUT2D eigenvalue weighted by Crippen LogP contribution is 2.36. The van der Waals surface area contributed by atoms with Crippen molar-refractivity contribution in [2.45, 2.75) is 26.2 Å². The molecule has 0 aliphatic heterocycles. The van der Waals surface area contributed by atoms with Gasteiger partial charge >= 0.3 is 0 Å². The number of hydrogen-bond acceptors (Lipinski definition) is 5. The SMILES string of the molecule is CC(C)(C)c1ccc(Nc2c(O[N+](=O)[O-])cnc3ccc(Br)cc23)cc1. The van der Waals surface area contributed by atoms with E-state index in [1.807, 2.05) is 42.5 Å². The Kier molecular flexibility index (Phi) is 4.82. The van der Waals surface area contributed by atoms with Crippen molar-refractivity contribution in [2.75, 3.05) is 5.32 Å². The van der Waals surface area contributed by atoms with Gasteiger partial charge in [-0.05, 0) is 41.3 Å². The van der Waals surface area contributed by atoms with Crippen LogP contribution in [0.5, 0.6) is 5.75 Å². The highest BCUT2D eigenvalue weighted by atomic mass is 79.9. The summed E-state index contributed by atoms with van der Waals surface area (Å²) in [6.45, 7) is 6.44. The van der Waals surface area contributed by atoms with Gasteiger partial charge in [0.1, 0.15) is 0 Å². The normalized spacial score (nSPS) is 11.4. The van der Waals surface area contributed by atoms with Crippen molar-refractivity contribution < 1.29 is 9.92 Å². The monoisotopic (exact) mass is 415 g/mol. The van der Waals surface area contributed by atoms with E-state index in [-0.39, 0.29) is 11.2 Å². The number of hydrogen-bond donors (Lipinski definition) is 1. The molecule has 1 aromatic heterocycles. The van der Waals surface area contributed by atoms with Crippen LogP contribution in [0.3, 0.4) is 0 Å². The molecule has 0 bridgehead atoms. The molecule has 0 radical (unpaired) electrons. The van der Waals surface area contributed by atoms with Gasteiger partial charge in [-0.2, -0.15) is 0 Å². The average molecular weight is 416 g/mol. The van der Waals surface area contributed by atoms with E-state index in [1.54, 1.807) is 0 Å². The molecule has 0 aliphatic carbocycles. The molecule has 1 N–H and O–H groups in total. The zero-order valence-corrected chi connectivity index (χ0v) is 16.2. The number of nitrogens with zero attached hydrogens (tertiary/aromatic N) is 2. The number of anilines is 2. The van der Waals surface area contributed by atoms with Crippen molar-refractivity contribution in [1.82, 2.24) is 4.98 Å². The summed E-state index contributed by atoms with van der Waals surface area (Å²) in [6.07, 6.45) is 1.35. The van der Waals surface area contributed by atoms with Gasteiger partial charge in [0.05, 0.1) is 17.4 Å². The van der Waals surface area contributed by atoms with Gasteiger partial charge in [-0.25, -0.2) is 0 Å². The fourth-order valence-corrected chi connectivity index (χ4v) is 2.98. The van der Waals surface area contributed by atoms with E-state index < -0.39 is 5.09 Å². The minimum atomic E-state index is -0.839. The van der Waals surface area contributed by atoms with E-state index in [9.17, 15) is 10.1 Å². The molecule has 2 aromatic carbocycles. The van der Waals surface area contributed by atoms with Gasteiger partial charge in [-0.1, -0.05) is 48.8 Å². The second-order valence-electron chi connectivity index (χ2n) is 6.93. The van der Waals surface area contributed by atoms with Crippen LogP contribution < -0.4 is 10.2 Å². The van der Waals surface area contributed by atoms with Crippen LogP contribution in [0, 0.1) is 10.1 Å². The number of fused-ring (bicyclic) bond motifs is 1. The lowest BCUT2D eigenvalue weighted by Gasteiger charge is -2.20. The van der Waals surface area contributed by atoms with Crippen LogP contribution in [0.15, 0.2) is 53.1 Å². The summed E-state index contributed by atoms with van der Waals surface area (Å²) >= 11 is 3.43. The van der Waals surface area contributed by atoms with Crippen molar-refractivity contribution in [3.63, 3.8) is 0 Å². The minimum absolute atomic E-state index is 0.0483. The van der Waals surface area contributed by atoms with Crippen molar-refractivity contribution in [3.05, 3.63) is 68.8 Å². The molecule has 1 heterocycles. The van der Waals surface area contributed by atoms with Crippen molar-refractivity contribution in [2.24, 2.45) is 0 Å². The third-order valence-corrected chi connectivity index (χ3v) is 4.48. The minimum Gasteiger partial charge on any atom is -0.353 e. The van der Waals surface area contributed by atoms with Crippen LogP contribution in [0.2, 0.25) is 0 Å². The van der Waals surface area contributed by atoms with Crippen molar-refractivity contribution in [1.29, 1.82) is 0 Å². The van der Waals surface area contributed by atoms with E-state index in [4.69, 9.17) is 4.84 Å². The van der Waals surface area contributed by atoms with Gasteiger partial charge in [0.15, 0.2) is 5.75 Å². The summed E-state index contributed by atoms with van der Waals surface area (Å²) in [5, 5.41) is 14.0. The number of aromatic nitrogens is 1. The summed E-state index contributed by atoms with van der Waals surface area (Å²) in [7, 11) is 0. The van der Waals surface area contributed by atoms with Crippen molar-refractivity contribution >= 4 is 38.2 Å². The molecular formula is C19H18BrN3O3. The summed E-state index contributed by atoms with van der Waals surface area (Å²) < 4.78 is 0.844. The molecule has 0 unspecified atom stereocenters. The number of nitrogens with one attached hydrogen (secondary N) is 1. The molecule has 7 heteroatoms. The number of benzene rings is 2. The van der Waals surface area contributed by atoms with Gasteiger partial charge in [-0.15, -0.1) is 10.1 Å². The number of halogens is 1. The summed E-state index contributed by atoms with van der Waals surface area (Å²) in [5.41, 5.74) is 3.26.